The van der Waals surface area contributed by atoms with E-state index in [1.165, 1.54) is 0 Å². The molecule has 2 unspecified atom stereocenters. The molecule has 1 saturated heterocycles. The number of nitrogens with two attached hydrogens (primary N) is 1. The van der Waals surface area contributed by atoms with Crippen LogP contribution in [0.2, 0.25) is 0 Å². The van der Waals surface area contributed by atoms with Crippen molar-refractivity contribution in [3.05, 3.63) is 54.0 Å². The lowest BCUT2D eigenvalue weighted by atomic mass is 10.0. The highest BCUT2D eigenvalue weighted by molar-refractivity contribution is 6.04. The summed E-state index contributed by atoms with van der Waals surface area (Å²) >= 11 is 0. The first-order chi connectivity index (χ1) is 13.6. The summed E-state index contributed by atoms with van der Waals surface area (Å²) in [4.78, 5) is 30.9. The lowest BCUT2D eigenvalue weighted by Crippen LogP contribution is -2.40. The number of rotatable bonds is 5. The molecule has 3 heterocycles. The average molecular weight is 380 g/mol. The summed E-state index contributed by atoms with van der Waals surface area (Å²) in [6, 6.07) is 11.8. The van der Waals surface area contributed by atoms with Gasteiger partial charge < -0.3 is 15.5 Å². The summed E-state index contributed by atoms with van der Waals surface area (Å²) in [5.74, 6) is 1.16. The van der Waals surface area contributed by atoms with Crippen LogP contribution in [-0.2, 0) is 16.2 Å². The Kier molecular flexibility index (Phi) is 5.21. The van der Waals surface area contributed by atoms with Crippen molar-refractivity contribution < 1.29 is 9.63 Å². The van der Waals surface area contributed by atoms with Crippen LogP contribution in [0.25, 0.3) is 0 Å². The van der Waals surface area contributed by atoms with Crippen molar-refractivity contribution in [1.82, 2.24) is 19.8 Å². The second-order valence-corrected chi connectivity index (χ2v) is 7.24. The number of benzene rings is 1. The number of likely N-dealkylation sites (tertiary alicyclic amines) is 1. The van der Waals surface area contributed by atoms with Crippen molar-refractivity contribution in [3.63, 3.8) is 0 Å². The van der Waals surface area contributed by atoms with E-state index < -0.39 is 6.10 Å². The number of nitrogens with zero attached hydrogens (tertiary/aromatic N) is 5. The molecule has 8 heteroatoms. The minimum absolute atomic E-state index is 0.00536. The van der Waals surface area contributed by atoms with Gasteiger partial charge in [-0.25, -0.2) is 9.97 Å². The molecular formula is C20H24N6O2. The van der Waals surface area contributed by atoms with E-state index in [0.717, 1.165) is 17.7 Å². The van der Waals surface area contributed by atoms with Gasteiger partial charge in [0.2, 0.25) is 6.10 Å². The summed E-state index contributed by atoms with van der Waals surface area (Å²) in [5.41, 5.74) is 7.55. The van der Waals surface area contributed by atoms with Crippen LogP contribution < -0.4 is 5.73 Å². The van der Waals surface area contributed by atoms with E-state index in [0.29, 0.717) is 37.7 Å². The molecule has 2 aliphatic rings. The second kappa shape index (κ2) is 7.93. The standard InChI is InChI=1S/C20H24N6O2/c1-25(13-19-22-9-7-18(21)23-19)15-8-10-26(12-15)20(27)17-11-16(24-28-17)14-5-3-2-4-6-14/h2-7,9,15,17H,8,10-13H2,1H3,(H2,21,22,23). The van der Waals surface area contributed by atoms with Gasteiger partial charge in [0.15, 0.2) is 0 Å². The molecule has 0 spiro atoms. The van der Waals surface area contributed by atoms with Crippen LogP contribution >= 0.6 is 0 Å². The number of hydrogen-bond donors (Lipinski definition) is 1. The van der Waals surface area contributed by atoms with E-state index in [1.807, 2.05) is 42.3 Å². The highest BCUT2D eigenvalue weighted by Gasteiger charge is 2.36. The monoisotopic (exact) mass is 380 g/mol. The van der Waals surface area contributed by atoms with Gasteiger partial charge in [0.25, 0.3) is 5.91 Å². The Morgan fingerprint density at radius 3 is 2.93 bits per heavy atom. The molecule has 28 heavy (non-hydrogen) atoms. The fourth-order valence-corrected chi connectivity index (χ4v) is 3.66. The Labute approximate surface area is 164 Å². The lowest BCUT2D eigenvalue weighted by Gasteiger charge is -2.24. The fraction of sp³-hybridized carbons (Fsp3) is 0.400. The van der Waals surface area contributed by atoms with Crippen LogP contribution in [0.4, 0.5) is 5.82 Å². The van der Waals surface area contributed by atoms with Crippen molar-refractivity contribution in [3.8, 4) is 0 Å². The quantitative estimate of drug-likeness (QED) is 0.839. The molecule has 2 atom stereocenters. The molecule has 0 radical (unpaired) electrons. The van der Waals surface area contributed by atoms with Crippen LogP contribution in [-0.4, -0.2) is 63.7 Å². The van der Waals surface area contributed by atoms with Crippen LogP contribution in [0, 0.1) is 0 Å². The summed E-state index contributed by atoms with van der Waals surface area (Å²) < 4.78 is 0. The van der Waals surface area contributed by atoms with Gasteiger partial charge in [0.1, 0.15) is 11.6 Å². The zero-order chi connectivity index (χ0) is 19.5. The Bertz CT molecular complexity index is 872. The third-order valence-electron chi connectivity index (χ3n) is 5.27. The Morgan fingerprint density at radius 1 is 1.32 bits per heavy atom. The number of amides is 1. The first-order valence-electron chi connectivity index (χ1n) is 9.44. The molecule has 1 aromatic carbocycles. The lowest BCUT2D eigenvalue weighted by molar-refractivity contribution is -0.141. The van der Waals surface area contributed by atoms with Gasteiger partial charge in [-0.1, -0.05) is 35.5 Å². The molecule has 2 N–H and O–H groups in total. The number of aromatic nitrogens is 2. The number of likely N-dealkylation sites (N-methyl/N-ethyl adjacent to an activating group) is 1. The molecule has 2 aliphatic heterocycles. The van der Waals surface area contributed by atoms with Gasteiger partial charge in [-0.2, -0.15) is 0 Å². The third-order valence-corrected chi connectivity index (χ3v) is 5.27. The molecule has 0 bridgehead atoms. The molecule has 2 aromatic rings. The highest BCUT2D eigenvalue weighted by Crippen LogP contribution is 2.22. The molecule has 1 fully saturated rings. The number of carbonyl (C=O) groups excluding carboxylic acids is 1. The van der Waals surface area contributed by atoms with Crippen molar-refractivity contribution in [2.45, 2.75) is 31.5 Å². The molecule has 146 valence electrons. The number of nitrogen functional groups attached to an aromatic ring is 1. The first kappa shape index (κ1) is 18.4. The number of oxime groups is 1. The zero-order valence-electron chi connectivity index (χ0n) is 15.9. The van der Waals surface area contributed by atoms with E-state index in [1.54, 1.807) is 12.3 Å². The molecule has 1 amide bonds. The van der Waals surface area contributed by atoms with E-state index in [-0.39, 0.29) is 11.9 Å². The van der Waals surface area contributed by atoms with Crippen LogP contribution in [0.15, 0.2) is 47.8 Å². The summed E-state index contributed by atoms with van der Waals surface area (Å²) in [5, 5.41) is 4.13. The van der Waals surface area contributed by atoms with Gasteiger partial charge in [-0.3, -0.25) is 9.69 Å². The van der Waals surface area contributed by atoms with Crippen LogP contribution in [0.1, 0.15) is 24.2 Å². The van der Waals surface area contributed by atoms with Crippen molar-refractivity contribution >= 4 is 17.4 Å². The Hall–Kier alpha value is -3.00. The van der Waals surface area contributed by atoms with Crippen molar-refractivity contribution in [2.24, 2.45) is 5.16 Å². The summed E-state index contributed by atoms with van der Waals surface area (Å²) in [6.07, 6.45) is 2.55. The topological polar surface area (TPSA) is 96.9 Å². The maximum atomic E-state index is 12.9. The highest BCUT2D eigenvalue weighted by atomic mass is 16.6. The van der Waals surface area contributed by atoms with E-state index >= 15 is 0 Å². The van der Waals surface area contributed by atoms with Crippen LogP contribution in [0.3, 0.4) is 0 Å². The largest absolute Gasteiger partial charge is 0.384 e. The van der Waals surface area contributed by atoms with Gasteiger partial charge in [0, 0.05) is 31.7 Å². The minimum atomic E-state index is -0.531. The minimum Gasteiger partial charge on any atom is -0.384 e. The number of anilines is 1. The molecule has 1 aromatic heterocycles. The summed E-state index contributed by atoms with van der Waals surface area (Å²) in [6.45, 7) is 1.98. The maximum Gasteiger partial charge on any atom is 0.266 e. The van der Waals surface area contributed by atoms with Gasteiger partial charge in [0.05, 0.1) is 12.3 Å². The SMILES string of the molecule is CN(Cc1nccc(N)n1)C1CCN(C(=O)C2CC(c3ccccc3)=NO2)C1. The molecule has 8 nitrogen and oxygen atoms in total. The predicted molar refractivity (Wildman–Crippen MR) is 105 cm³/mol. The third kappa shape index (κ3) is 3.96. The molecule has 4 rings (SSSR count). The molecule has 0 aliphatic carbocycles. The van der Waals surface area contributed by atoms with Gasteiger partial charge in [-0.05, 0) is 25.1 Å². The average Bonchev–Trinajstić information content (AvgIpc) is 3.38. The Balaban J connectivity index is 1.31. The number of hydrogen-bond acceptors (Lipinski definition) is 7. The molecular weight excluding hydrogens is 356 g/mol. The fourth-order valence-electron chi connectivity index (χ4n) is 3.66. The number of carbonyl (C=O) groups is 1. The molecule has 0 saturated carbocycles. The van der Waals surface area contributed by atoms with E-state index in [4.69, 9.17) is 10.6 Å². The van der Waals surface area contributed by atoms with Gasteiger partial charge in [-0.15, -0.1) is 0 Å². The summed E-state index contributed by atoms with van der Waals surface area (Å²) in [7, 11) is 2.02. The predicted octanol–water partition coefficient (Wildman–Crippen LogP) is 1.28. The second-order valence-electron chi connectivity index (χ2n) is 7.24. The van der Waals surface area contributed by atoms with Crippen molar-refractivity contribution in [1.29, 1.82) is 0 Å². The Morgan fingerprint density at radius 2 is 2.14 bits per heavy atom. The van der Waals surface area contributed by atoms with E-state index in [9.17, 15) is 4.79 Å². The zero-order valence-corrected chi connectivity index (χ0v) is 15.9. The normalized spacial score (nSPS) is 21.6. The first-order valence-corrected chi connectivity index (χ1v) is 9.44. The van der Waals surface area contributed by atoms with Crippen molar-refractivity contribution in [2.75, 3.05) is 25.9 Å². The van der Waals surface area contributed by atoms with Gasteiger partial charge >= 0.3 is 0 Å². The van der Waals surface area contributed by atoms with Crippen LogP contribution in [0.5, 0.6) is 0 Å². The maximum absolute atomic E-state index is 12.9. The van der Waals surface area contributed by atoms with E-state index in [2.05, 4.69) is 20.0 Å². The smallest absolute Gasteiger partial charge is 0.266 e.